The van der Waals surface area contributed by atoms with Gasteiger partial charge in [-0.25, -0.2) is 0 Å². The van der Waals surface area contributed by atoms with Crippen LogP contribution in [0, 0.1) is 6.92 Å². The smallest absolute Gasteiger partial charge is 0.0355 e. The lowest BCUT2D eigenvalue weighted by molar-refractivity contribution is 0.537. The number of rotatable bonds is 6. The Hall–Kier alpha value is -0.600. The van der Waals surface area contributed by atoms with Crippen LogP contribution < -0.4 is 5.32 Å². The highest BCUT2D eigenvalue weighted by Crippen LogP contribution is 2.23. The Balaban J connectivity index is 2.86. The summed E-state index contributed by atoms with van der Waals surface area (Å²) in [6, 6.07) is 6.94. The first kappa shape index (κ1) is 13.5. The van der Waals surface area contributed by atoms with Gasteiger partial charge in [0, 0.05) is 10.5 Å². The molecule has 0 heterocycles. The molecule has 1 unspecified atom stereocenters. The number of nitrogens with one attached hydrogen (secondary N) is 1. The number of halogens is 1. The van der Waals surface area contributed by atoms with Crippen molar-refractivity contribution in [2.75, 3.05) is 6.54 Å². The van der Waals surface area contributed by atoms with E-state index in [2.05, 4.69) is 59.9 Å². The molecule has 0 saturated carbocycles. The average Bonchev–Trinajstić information content (AvgIpc) is 2.22. The molecule has 0 aliphatic heterocycles. The molecule has 1 N–H and O–H groups in total. The van der Waals surface area contributed by atoms with Crippen LogP contribution >= 0.6 is 15.9 Å². The van der Waals surface area contributed by atoms with Crippen molar-refractivity contribution >= 4 is 15.9 Å². The van der Waals surface area contributed by atoms with Gasteiger partial charge in [-0.1, -0.05) is 35.0 Å². The molecular formula is C14H20BrN. The third-order valence-electron chi connectivity index (χ3n) is 2.51. The molecule has 1 rings (SSSR count). The van der Waals surface area contributed by atoms with E-state index in [-0.39, 0.29) is 0 Å². The van der Waals surface area contributed by atoms with Crippen molar-refractivity contribution < 1.29 is 0 Å². The lowest BCUT2D eigenvalue weighted by Crippen LogP contribution is -2.21. The van der Waals surface area contributed by atoms with E-state index < -0.39 is 0 Å². The maximum Gasteiger partial charge on any atom is 0.0355 e. The van der Waals surface area contributed by atoms with Gasteiger partial charge in [-0.2, -0.15) is 0 Å². The standard InChI is InChI=1S/C14H20BrN/c1-4-6-14(16-7-5-2)12-8-11(3)9-13(15)10-12/h4,8-10,14,16H,1,5-7H2,2-3H3. The molecule has 0 aliphatic rings. The fraction of sp³-hybridized carbons (Fsp3) is 0.429. The predicted molar refractivity (Wildman–Crippen MR) is 74.7 cm³/mol. The minimum atomic E-state index is 0.383. The number of aryl methyl sites for hydroxylation is 1. The highest BCUT2D eigenvalue weighted by Gasteiger charge is 2.09. The summed E-state index contributed by atoms with van der Waals surface area (Å²) in [4.78, 5) is 0. The van der Waals surface area contributed by atoms with Crippen LogP contribution in [-0.4, -0.2) is 6.54 Å². The molecule has 88 valence electrons. The van der Waals surface area contributed by atoms with Gasteiger partial charge < -0.3 is 5.32 Å². The van der Waals surface area contributed by atoms with E-state index in [1.54, 1.807) is 0 Å². The van der Waals surface area contributed by atoms with Crippen LogP contribution in [0.25, 0.3) is 0 Å². The molecule has 1 atom stereocenters. The van der Waals surface area contributed by atoms with Crippen molar-refractivity contribution in [3.63, 3.8) is 0 Å². The van der Waals surface area contributed by atoms with E-state index in [1.807, 2.05) is 6.08 Å². The van der Waals surface area contributed by atoms with Crippen LogP contribution in [0.5, 0.6) is 0 Å². The Bertz CT molecular complexity index is 326. The maximum absolute atomic E-state index is 3.83. The summed E-state index contributed by atoms with van der Waals surface area (Å²) in [5.74, 6) is 0. The Morgan fingerprint density at radius 2 is 2.19 bits per heavy atom. The second kappa shape index (κ2) is 6.87. The van der Waals surface area contributed by atoms with Crippen molar-refractivity contribution in [1.82, 2.24) is 5.32 Å². The SMILES string of the molecule is C=CCC(NCCC)c1cc(C)cc(Br)c1. The fourth-order valence-electron chi connectivity index (χ4n) is 1.79. The summed E-state index contributed by atoms with van der Waals surface area (Å²) in [6.45, 7) is 9.18. The van der Waals surface area contributed by atoms with Crippen molar-refractivity contribution in [3.05, 3.63) is 46.5 Å². The molecular weight excluding hydrogens is 262 g/mol. The third kappa shape index (κ3) is 4.11. The first-order valence-electron chi connectivity index (χ1n) is 5.78. The molecule has 0 fully saturated rings. The Kier molecular flexibility index (Phi) is 5.78. The number of hydrogen-bond acceptors (Lipinski definition) is 1. The van der Waals surface area contributed by atoms with Crippen molar-refractivity contribution in [3.8, 4) is 0 Å². The first-order valence-corrected chi connectivity index (χ1v) is 6.58. The van der Waals surface area contributed by atoms with Crippen LogP contribution in [0.2, 0.25) is 0 Å². The van der Waals surface area contributed by atoms with E-state index >= 15 is 0 Å². The quantitative estimate of drug-likeness (QED) is 0.764. The summed E-state index contributed by atoms with van der Waals surface area (Å²) in [5, 5.41) is 3.55. The largest absolute Gasteiger partial charge is 0.310 e. The molecule has 0 saturated heterocycles. The van der Waals surface area contributed by atoms with Gasteiger partial charge in [-0.05, 0) is 49.6 Å². The molecule has 0 spiro atoms. The van der Waals surface area contributed by atoms with E-state index in [0.717, 1.165) is 23.9 Å². The average molecular weight is 282 g/mol. The normalized spacial score (nSPS) is 12.4. The molecule has 2 heteroatoms. The molecule has 0 aromatic heterocycles. The van der Waals surface area contributed by atoms with E-state index in [1.165, 1.54) is 11.1 Å². The van der Waals surface area contributed by atoms with Gasteiger partial charge in [-0.3, -0.25) is 0 Å². The van der Waals surface area contributed by atoms with Gasteiger partial charge >= 0.3 is 0 Å². The zero-order valence-corrected chi connectivity index (χ0v) is 11.7. The molecule has 0 aliphatic carbocycles. The predicted octanol–water partition coefficient (Wildman–Crippen LogP) is 4.37. The van der Waals surface area contributed by atoms with Crippen LogP contribution in [0.3, 0.4) is 0 Å². The number of benzene rings is 1. The van der Waals surface area contributed by atoms with E-state index in [0.29, 0.717) is 6.04 Å². The van der Waals surface area contributed by atoms with Gasteiger partial charge in [0.25, 0.3) is 0 Å². The molecule has 0 bridgehead atoms. The zero-order valence-electron chi connectivity index (χ0n) is 10.1. The van der Waals surface area contributed by atoms with Crippen molar-refractivity contribution in [2.24, 2.45) is 0 Å². The highest BCUT2D eigenvalue weighted by atomic mass is 79.9. The minimum absolute atomic E-state index is 0.383. The summed E-state index contributed by atoms with van der Waals surface area (Å²) in [6.07, 6.45) is 4.10. The van der Waals surface area contributed by atoms with Crippen LogP contribution in [0.15, 0.2) is 35.3 Å². The lowest BCUT2D eigenvalue weighted by atomic mass is 10.0. The van der Waals surface area contributed by atoms with Gasteiger partial charge in [0.2, 0.25) is 0 Å². The van der Waals surface area contributed by atoms with E-state index in [4.69, 9.17) is 0 Å². The number of hydrogen-bond donors (Lipinski definition) is 1. The zero-order chi connectivity index (χ0) is 12.0. The molecule has 0 amide bonds. The molecule has 1 aromatic rings. The van der Waals surface area contributed by atoms with Crippen LogP contribution in [0.4, 0.5) is 0 Å². The van der Waals surface area contributed by atoms with Crippen LogP contribution in [0.1, 0.15) is 36.9 Å². The Labute approximate surface area is 107 Å². The third-order valence-corrected chi connectivity index (χ3v) is 2.97. The van der Waals surface area contributed by atoms with Gasteiger partial charge in [0.15, 0.2) is 0 Å². The van der Waals surface area contributed by atoms with Gasteiger partial charge in [0.05, 0.1) is 0 Å². The fourth-order valence-corrected chi connectivity index (χ4v) is 2.41. The van der Waals surface area contributed by atoms with Crippen molar-refractivity contribution in [1.29, 1.82) is 0 Å². The molecule has 1 aromatic carbocycles. The Morgan fingerprint density at radius 1 is 1.44 bits per heavy atom. The topological polar surface area (TPSA) is 12.0 Å². The van der Waals surface area contributed by atoms with Crippen LogP contribution in [-0.2, 0) is 0 Å². The van der Waals surface area contributed by atoms with Crippen molar-refractivity contribution in [2.45, 2.75) is 32.7 Å². The van der Waals surface area contributed by atoms with E-state index in [9.17, 15) is 0 Å². The first-order chi connectivity index (χ1) is 7.67. The minimum Gasteiger partial charge on any atom is -0.310 e. The summed E-state index contributed by atoms with van der Waals surface area (Å²) in [5.41, 5.74) is 2.62. The molecule has 1 nitrogen and oxygen atoms in total. The molecule has 16 heavy (non-hydrogen) atoms. The summed E-state index contributed by atoms with van der Waals surface area (Å²) in [7, 11) is 0. The van der Waals surface area contributed by atoms with Gasteiger partial charge in [-0.15, -0.1) is 6.58 Å². The lowest BCUT2D eigenvalue weighted by Gasteiger charge is -2.18. The second-order valence-electron chi connectivity index (χ2n) is 4.09. The highest BCUT2D eigenvalue weighted by molar-refractivity contribution is 9.10. The monoisotopic (exact) mass is 281 g/mol. The second-order valence-corrected chi connectivity index (χ2v) is 5.01. The summed E-state index contributed by atoms with van der Waals surface area (Å²) < 4.78 is 1.15. The maximum atomic E-state index is 3.83. The molecule has 0 radical (unpaired) electrons. The Morgan fingerprint density at radius 3 is 2.75 bits per heavy atom. The summed E-state index contributed by atoms with van der Waals surface area (Å²) >= 11 is 3.55. The van der Waals surface area contributed by atoms with Gasteiger partial charge in [0.1, 0.15) is 0 Å².